The summed E-state index contributed by atoms with van der Waals surface area (Å²) in [6.45, 7) is 5.11. The molecule has 5 heteroatoms. The van der Waals surface area contributed by atoms with Crippen molar-refractivity contribution in [1.29, 1.82) is 5.26 Å². The summed E-state index contributed by atoms with van der Waals surface area (Å²) in [5.74, 6) is -0.396. The number of anilines is 1. The van der Waals surface area contributed by atoms with Gasteiger partial charge in [-0.15, -0.1) is 11.3 Å². The van der Waals surface area contributed by atoms with Crippen molar-refractivity contribution >= 4 is 28.0 Å². The van der Waals surface area contributed by atoms with Gasteiger partial charge in [-0.3, -0.25) is 9.59 Å². The molecule has 1 amide bonds. The van der Waals surface area contributed by atoms with Crippen molar-refractivity contribution in [1.82, 2.24) is 0 Å². The fourth-order valence-corrected chi connectivity index (χ4v) is 3.00. The third-order valence-corrected chi connectivity index (χ3v) is 4.43. The van der Waals surface area contributed by atoms with Gasteiger partial charge in [0.15, 0.2) is 5.78 Å². The minimum absolute atomic E-state index is 0.107. The first-order valence-corrected chi connectivity index (χ1v) is 7.18. The van der Waals surface area contributed by atoms with E-state index in [9.17, 15) is 14.9 Å². The van der Waals surface area contributed by atoms with Crippen molar-refractivity contribution in [3.8, 4) is 6.07 Å². The lowest BCUT2D eigenvalue weighted by molar-refractivity contribution is 0.101. The van der Waals surface area contributed by atoms with Crippen LogP contribution in [0.1, 0.15) is 43.6 Å². The molecular formula is C16H14N2O2S. The lowest BCUT2D eigenvalue weighted by atomic mass is 10.1. The van der Waals surface area contributed by atoms with E-state index in [2.05, 4.69) is 5.32 Å². The van der Waals surface area contributed by atoms with Crippen LogP contribution in [-0.2, 0) is 0 Å². The normalized spacial score (nSPS) is 10.0. The first kappa shape index (κ1) is 14.9. The van der Waals surface area contributed by atoms with Crippen molar-refractivity contribution in [2.75, 3.05) is 5.32 Å². The number of thiophene rings is 1. The first-order chi connectivity index (χ1) is 9.93. The van der Waals surface area contributed by atoms with Crippen LogP contribution >= 0.6 is 11.3 Å². The molecule has 21 heavy (non-hydrogen) atoms. The van der Waals surface area contributed by atoms with Crippen LogP contribution in [0.15, 0.2) is 24.3 Å². The molecule has 0 bridgehead atoms. The summed E-state index contributed by atoms with van der Waals surface area (Å²) in [4.78, 5) is 24.2. The third kappa shape index (κ3) is 3.01. The van der Waals surface area contributed by atoms with Gasteiger partial charge in [-0.2, -0.15) is 5.26 Å². The number of rotatable bonds is 3. The molecule has 0 spiro atoms. The number of aryl methyl sites for hydroxylation is 1. The number of nitriles is 1. The second kappa shape index (κ2) is 5.90. The summed E-state index contributed by atoms with van der Waals surface area (Å²) in [6.07, 6.45) is 0. The van der Waals surface area contributed by atoms with E-state index in [1.165, 1.54) is 6.92 Å². The summed E-state index contributed by atoms with van der Waals surface area (Å²) < 4.78 is 0. The number of nitrogens with zero attached hydrogens (tertiary/aromatic N) is 1. The predicted molar refractivity (Wildman–Crippen MR) is 82.9 cm³/mol. The molecule has 0 saturated heterocycles. The summed E-state index contributed by atoms with van der Waals surface area (Å²) in [7, 11) is 0. The molecular weight excluding hydrogens is 284 g/mol. The second-order valence-electron chi connectivity index (χ2n) is 4.75. The second-order valence-corrected chi connectivity index (χ2v) is 5.77. The van der Waals surface area contributed by atoms with E-state index < -0.39 is 0 Å². The molecule has 0 atom stereocenters. The Kier molecular flexibility index (Phi) is 4.20. The molecule has 2 aromatic rings. The first-order valence-electron chi connectivity index (χ1n) is 6.36. The molecule has 0 aliphatic heterocycles. The van der Waals surface area contributed by atoms with Gasteiger partial charge in [-0.05, 0) is 38.5 Å². The van der Waals surface area contributed by atoms with Crippen molar-refractivity contribution in [2.45, 2.75) is 20.8 Å². The molecule has 0 aliphatic carbocycles. The molecule has 1 heterocycles. The Hall–Kier alpha value is -2.45. The summed E-state index contributed by atoms with van der Waals surface area (Å²) in [5.41, 5.74) is 2.55. The van der Waals surface area contributed by atoms with Gasteiger partial charge in [0.05, 0.1) is 10.4 Å². The highest BCUT2D eigenvalue weighted by atomic mass is 32.1. The predicted octanol–water partition coefficient (Wildman–Crippen LogP) is 3.69. The Balaban J connectivity index is 2.33. The van der Waals surface area contributed by atoms with E-state index in [4.69, 9.17) is 0 Å². The van der Waals surface area contributed by atoms with Gasteiger partial charge >= 0.3 is 0 Å². The Morgan fingerprint density at radius 3 is 2.33 bits per heavy atom. The fourth-order valence-electron chi connectivity index (χ4n) is 1.95. The van der Waals surface area contributed by atoms with Crippen molar-refractivity contribution in [3.63, 3.8) is 0 Å². The van der Waals surface area contributed by atoms with Crippen molar-refractivity contribution < 1.29 is 9.59 Å². The summed E-state index contributed by atoms with van der Waals surface area (Å²) in [6, 6.07) is 9.20. The minimum atomic E-state index is -0.289. The lowest BCUT2D eigenvalue weighted by Crippen LogP contribution is -2.11. The van der Waals surface area contributed by atoms with Crippen LogP contribution < -0.4 is 5.32 Å². The monoisotopic (exact) mass is 298 g/mol. The molecule has 1 N–H and O–H groups in total. The third-order valence-electron chi connectivity index (χ3n) is 3.12. The number of benzene rings is 1. The van der Waals surface area contributed by atoms with Gasteiger partial charge in [0, 0.05) is 5.56 Å². The van der Waals surface area contributed by atoms with Crippen molar-refractivity contribution in [3.05, 3.63) is 51.4 Å². The van der Waals surface area contributed by atoms with Gasteiger partial charge in [-0.1, -0.05) is 17.7 Å². The standard InChI is InChI=1S/C16H14N2O2S/c1-9-4-6-12(7-5-9)15(20)18-16-13(8-17)10(2)14(21-16)11(3)19/h4-7H,1-3H3,(H,18,20). The Morgan fingerprint density at radius 1 is 1.19 bits per heavy atom. The SMILES string of the molecule is CC(=O)c1sc(NC(=O)c2ccc(C)cc2)c(C#N)c1C. The van der Waals surface area contributed by atoms with Crippen LogP contribution in [0, 0.1) is 25.2 Å². The average molecular weight is 298 g/mol. The maximum Gasteiger partial charge on any atom is 0.256 e. The van der Waals surface area contributed by atoms with Crippen LogP contribution in [0.5, 0.6) is 0 Å². The van der Waals surface area contributed by atoms with Crippen LogP contribution in [0.2, 0.25) is 0 Å². The Labute approximate surface area is 127 Å². The summed E-state index contributed by atoms with van der Waals surface area (Å²) in [5, 5.41) is 12.3. The summed E-state index contributed by atoms with van der Waals surface area (Å²) >= 11 is 1.14. The zero-order chi connectivity index (χ0) is 15.6. The molecule has 0 radical (unpaired) electrons. The zero-order valence-electron chi connectivity index (χ0n) is 12.0. The molecule has 4 nitrogen and oxygen atoms in total. The maximum absolute atomic E-state index is 12.2. The number of carbonyl (C=O) groups excluding carboxylic acids is 2. The fraction of sp³-hybridized carbons (Fsp3) is 0.188. The quantitative estimate of drug-likeness (QED) is 0.878. The molecule has 1 aromatic heterocycles. The van der Waals surface area contributed by atoms with E-state index in [-0.39, 0.29) is 11.7 Å². The molecule has 0 fully saturated rings. The van der Waals surface area contributed by atoms with Crippen LogP contribution in [0.25, 0.3) is 0 Å². The number of hydrogen-bond donors (Lipinski definition) is 1. The van der Waals surface area contributed by atoms with E-state index in [1.807, 2.05) is 25.1 Å². The minimum Gasteiger partial charge on any atom is -0.312 e. The highest BCUT2D eigenvalue weighted by Gasteiger charge is 2.19. The molecule has 0 saturated carbocycles. The van der Waals surface area contributed by atoms with Gasteiger partial charge in [0.25, 0.3) is 5.91 Å². The topological polar surface area (TPSA) is 70.0 Å². The van der Waals surface area contributed by atoms with Crippen LogP contribution in [0.3, 0.4) is 0 Å². The van der Waals surface area contributed by atoms with E-state index >= 15 is 0 Å². The van der Waals surface area contributed by atoms with E-state index in [0.717, 1.165) is 16.9 Å². The van der Waals surface area contributed by atoms with Gasteiger partial charge in [0.1, 0.15) is 11.1 Å². The molecule has 2 rings (SSSR count). The van der Waals surface area contributed by atoms with E-state index in [0.29, 0.717) is 26.6 Å². The molecule has 1 aromatic carbocycles. The lowest BCUT2D eigenvalue weighted by Gasteiger charge is -2.03. The number of Topliss-reactive ketones (excluding diaryl/α,β-unsaturated/α-hetero) is 1. The number of nitrogens with one attached hydrogen (secondary N) is 1. The Morgan fingerprint density at radius 2 is 1.81 bits per heavy atom. The maximum atomic E-state index is 12.2. The van der Waals surface area contributed by atoms with Gasteiger partial charge in [0.2, 0.25) is 0 Å². The van der Waals surface area contributed by atoms with Crippen LogP contribution in [0.4, 0.5) is 5.00 Å². The van der Waals surface area contributed by atoms with Gasteiger partial charge < -0.3 is 5.32 Å². The largest absolute Gasteiger partial charge is 0.312 e. The zero-order valence-corrected chi connectivity index (χ0v) is 12.8. The van der Waals surface area contributed by atoms with Crippen LogP contribution in [-0.4, -0.2) is 11.7 Å². The molecule has 0 aliphatic rings. The van der Waals surface area contributed by atoms with Gasteiger partial charge in [-0.25, -0.2) is 0 Å². The highest BCUT2D eigenvalue weighted by Crippen LogP contribution is 2.33. The number of amides is 1. The van der Waals surface area contributed by atoms with E-state index in [1.54, 1.807) is 19.1 Å². The molecule has 0 unspecified atom stereocenters. The Bertz CT molecular complexity index is 752. The highest BCUT2D eigenvalue weighted by molar-refractivity contribution is 7.18. The molecule has 106 valence electrons. The van der Waals surface area contributed by atoms with Crippen molar-refractivity contribution in [2.24, 2.45) is 0 Å². The smallest absolute Gasteiger partial charge is 0.256 e. The number of ketones is 1. The number of carbonyl (C=O) groups is 2. The number of hydrogen-bond acceptors (Lipinski definition) is 4. The average Bonchev–Trinajstić information content (AvgIpc) is 2.75.